The van der Waals surface area contributed by atoms with Gasteiger partial charge in [0.1, 0.15) is 11.8 Å². The van der Waals surface area contributed by atoms with Crippen LogP contribution in [-0.4, -0.2) is 29.6 Å². The second-order valence-electron chi connectivity index (χ2n) is 12.3. The molecule has 0 saturated carbocycles. The van der Waals surface area contributed by atoms with Gasteiger partial charge in [-0.1, -0.05) is 161 Å². The average Bonchev–Trinajstić information content (AvgIpc) is 2.99. The number of amides is 1. The Kier molecular flexibility index (Phi) is 25.1. The van der Waals surface area contributed by atoms with Gasteiger partial charge in [-0.25, -0.2) is 4.79 Å². The second kappa shape index (κ2) is 27.8. The van der Waals surface area contributed by atoms with Crippen LogP contribution in [0.15, 0.2) is 24.3 Å². The summed E-state index contributed by atoms with van der Waals surface area (Å²) in [6.45, 7) is 4.91. The van der Waals surface area contributed by atoms with E-state index < -0.39 is 6.04 Å². The van der Waals surface area contributed by atoms with Crippen molar-refractivity contribution in [1.29, 1.82) is 0 Å². The number of unbranched alkanes of at least 4 members (excludes halogenated alkanes) is 21. The Hall–Kier alpha value is -2.04. The first-order valence-corrected chi connectivity index (χ1v) is 17.8. The number of phenols is 1. The molecular weight excluding hydrogens is 522 g/mol. The molecule has 1 aromatic carbocycles. The zero-order valence-electron chi connectivity index (χ0n) is 27.4. The third kappa shape index (κ3) is 22.5. The van der Waals surface area contributed by atoms with Gasteiger partial charge < -0.3 is 15.2 Å². The number of rotatable bonds is 29. The van der Waals surface area contributed by atoms with Crippen molar-refractivity contribution >= 4 is 11.9 Å². The molecule has 0 heterocycles. The Bertz CT molecular complexity index is 764. The molecule has 0 unspecified atom stereocenters. The lowest BCUT2D eigenvalue weighted by molar-refractivity contribution is -0.148. The molecule has 0 spiro atoms. The van der Waals surface area contributed by atoms with E-state index in [1.807, 2.05) is 0 Å². The van der Waals surface area contributed by atoms with Crippen molar-refractivity contribution in [3.05, 3.63) is 29.8 Å². The van der Waals surface area contributed by atoms with Crippen molar-refractivity contribution in [1.82, 2.24) is 5.32 Å². The molecule has 0 aliphatic carbocycles. The number of nitrogens with one attached hydrogen (secondary N) is 1. The van der Waals surface area contributed by atoms with Crippen molar-refractivity contribution in [3.63, 3.8) is 0 Å². The maximum atomic E-state index is 12.9. The highest BCUT2D eigenvalue weighted by molar-refractivity contribution is 5.84. The molecule has 0 radical (unpaired) electrons. The van der Waals surface area contributed by atoms with Crippen LogP contribution in [0.5, 0.6) is 5.75 Å². The van der Waals surface area contributed by atoms with Gasteiger partial charge in [-0.3, -0.25) is 4.79 Å². The van der Waals surface area contributed by atoms with Crippen LogP contribution in [0.4, 0.5) is 0 Å². The first-order valence-electron chi connectivity index (χ1n) is 17.8. The number of aromatic hydroxyl groups is 1. The van der Waals surface area contributed by atoms with E-state index >= 15 is 0 Å². The first-order chi connectivity index (χ1) is 20.6. The molecule has 0 aliphatic rings. The molecule has 0 aromatic heterocycles. The lowest BCUT2D eigenvalue weighted by atomic mass is 10.0. The van der Waals surface area contributed by atoms with Gasteiger partial charge in [-0.15, -0.1) is 0 Å². The number of hydrogen-bond acceptors (Lipinski definition) is 4. The maximum Gasteiger partial charge on any atom is 0.328 e. The molecule has 42 heavy (non-hydrogen) atoms. The van der Waals surface area contributed by atoms with Crippen molar-refractivity contribution in [2.24, 2.45) is 0 Å². The molecule has 0 fully saturated rings. The smallest absolute Gasteiger partial charge is 0.328 e. The Morgan fingerprint density at radius 3 is 1.48 bits per heavy atom. The Labute approximate surface area is 259 Å². The monoisotopic (exact) mass is 587 g/mol. The van der Waals surface area contributed by atoms with Crippen molar-refractivity contribution in [2.45, 2.75) is 180 Å². The Morgan fingerprint density at radius 1 is 0.619 bits per heavy atom. The van der Waals surface area contributed by atoms with E-state index in [1.54, 1.807) is 24.3 Å². The predicted octanol–water partition coefficient (Wildman–Crippen LogP) is 10.4. The summed E-state index contributed by atoms with van der Waals surface area (Å²) in [6.07, 6.45) is 29.6. The van der Waals surface area contributed by atoms with Crippen LogP contribution in [0.25, 0.3) is 0 Å². The Balaban J connectivity index is 2.25. The summed E-state index contributed by atoms with van der Waals surface area (Å²) < 4.78 is 5.60. The summed E-state index contributed by atoms with van der Waals surface area (Å²) in [6, 6.07) is 6.09. The van der Waals surface area contributed by atoms with Crippen LogP contribution >= 0.6 is 0 Å². The summed E-state index contributed by atoms with van der Waals surface area (Å²) in [5.74, 6) is -0.263. The van der Waals surface area contributed by atoms with E-state index in [4.69, 9.17) is 4.74 Å². The molecule has 0 saturated heterocycles. The number of hydrogen-bond donors (Lipinski definition) is 2. The minimum atomic E-state index is -0.702. The molecule has 0 aliphatic heterocycles. The summed E-state index contributed by atoms with van der Waals surface area (Å²) in [7, 11) is 0. The van der Waals surface area contributed by atoms with Crippen molar-refractivity contribution < 1.29 is 19.4 Å². The van der Waals surface area contributed by atoms with E-state index in [1.165, 1.54) is 122 Å². The third-order valence-corrected chi connectivity index (χ3v) is 8.25. The van der Waals surface area contributed by atoms with E-state index in [9.17, 15) is 14.7 Å². The first kappa shape index (κ1) is 38.0. The molecule has 0 bridgehead atoms. The number of esters is 1. The number of benzene rings is 1. The average molecular weight is 588 g/mol. The van der Waals surface area contributed by atoms with Crippen LogP contribution < -0.4 is 5.32 Å². The fraction of sp³-hybridized carbons (Fsp3) is 0.784. The molecule has 1 atom stereocenters. The van der Waals surface area contributed by atoms with Crippen LogP contribution in [0.3, 0.4) is 0 Å². The highest BCUT2D eigenvalue weighted by Crippen LogP contribution is 2.15. The number of phenolic OH excluding ortho intramolecular Hbond substituents is 1. The minimum absolute atomic E-state index is 0.0861. The van der Waals surface area contributed by atoms with Gasteiger partial charge in [-0.05, 0) is 30.5 Å². The summed E-state index contributed by atoms with van der Waals surface area (Å²) in [4.78, 5) is 25.6. The predicted molar refractivity (Wildman–Crippen MR) is 177 cm³/mol. The lowest BCUT2D eigenvalue weighted by Crippen LogP contribution is -2.43. The van der Waals surface area contributed by atoms with E-state index in [-0.39, 0.29) is 17.6 Å². The quantitative estimate of drug-likeness (QED) is 0.0722. The second-order valence-corrected chi connectivity index (χ2v) is 12.3. The molecular formula is C37H65NO4. The van der Waals surface area contributed by atoms with Crippen molar-refractivity contribution in [3.8, 4) is 5.75 Å². The summed E-state index contributed by atoms with van der Waals surface area (Å²) in [5.41, 5.74) is 0.884. The fourth-order valence-corrected chi connectivity index (χ4v) is 5.49. The summed E-state index contributed by atoms with van der Waals surface area (Å²) in [5, 5.41) is 12.5. The maximum absolute atomic E-state index is 12.9. The van der Waals surface area contributed by atoms with E-state index in [0.717, 1.165) is 31.2 Å². The molecule has 242 valence electrons. The molecule has 5 heteroatoms. The third-order valence-electron chi connectivity index (χ3n) is 8.25. The molecule has 5 nitrogen and oxygen atoms in total. The molecule has 1 aromatic rings. The topological polar surface area (TPSA) is 75.6 Å². The van der Waals surface area contributed by atoms with Gasteiger partial charge in [0.25, 0.3) is 0 Å². The largest absolute Gasteiger partial charge is 0.508 e. The highest BCUT2D eigenvalue weighted by atomic mass is 16.5. The van der Waals surface area contributed by atoms with E-state index in [0.29, 0.717) is 19.4 Å². The van der Waals surface area contributed by atoms with Gasteiger partial charge in [-0.2, -0.15) is 0 Å². The van der Waals surface area contributed by atoms with E-state index in [2.05, 4.69) is 19.2 Å². The lowest BCUT2D eigenvalue weighted by Gasteiger charge is -2.18. The normalized spacial score (nSPS) is 11.9. The van der Waals surface area contributed by atoms with Crippen LogP contribution in [0.2, 0.25) is 0 Å². The Morgan fingerprint density at radius 2 is 1.02 bits per heavy atom. The van der Waals surface area contributed by atoms with Gasteiger partial charge in [0.2, 0.25) is 5.91 Å². The van der Waals surface area contributed by atoms with Crippen LogP contribution in [0.1, 0.15) is 174 Å². The standard InChI is InChI=1S/C37H65NO4/c1-3-5-7-9-11-13-15-17-19-21-23-25-31-42-37(41)35(32-33-27-29-34(39)30-28-33)38-36(40)26-24-22-20-18-16-14-12-10-8-6-4-2/h27-30,35,39H,3-26,31-32H2,1-2H3,(H,38,40)/t35-/m0/s1. The zero-order valence-corrected chi connectivity index (χ0v) is 27.4. The minimum Gasteiger partial charge on any atom is -0.508 e. The molecule has 1 amide bonds. The fourth-order valence-electron chi connectivity index (χ4n) is 5.49. The van der Waals surface area contributed by atoms with Gasteiger partial charge in [0.05, 0.1) is 6.61 Å². The van der Waals surface area contributed by atoms with Crippen LogP contribution in [0, 0.1) is 0 Å². The molecule has 2 N–H and O–H groups in total. The van der Waals surface area contributed by atoms with Crippen LogP contribution in [-0.2, 0) is 20.7 Å². The SMILES string of the molecule is CCCCCCCCCCCCCCOC(=O)[C@H](Cc1ccc(O)cc1)NC(=O)CCCCCCCCCCCCC. The van der Waals surface area contributed by atoms with Gasteiger partial charge in [0.15, 0.2) is 0 Å². The highest BCUT2D eigenvalue weighted by Gasteiger charge is 2.22. The summed E-state index contributed by atoms with van der Waals surface area (Å²) >= 11 is 0. The van der Waals surface area contributed by atoms with Gasteiger partial charge >= 0.3 is 5.97 Å². The van der Waals surface area contributed by atoms with Crippen molar-refractivity contribution in [2.75, 3.05) is 6.61 Å². The molecule has 1 rings (SSSR count). The zero-order chi connectivity index (χ0) is 30.5. The number of carbonyl (C=O) groups is 2. The number of carbonyl (C=O) groups excluding carboxylic acids is 2. The number of ether oxygens (including phenoxy) is 1. The van der Waals surface area contributed by atoms with Gasteiger partial charge in [0, 0.05) is 12.8 Å².